The molecule has 0 aromatic heterocycles. The van der Waals surface area contributed by atoms with Gasteiger partial charge in [-0.25, -0.2) is 8.78 Å². The molecule has 2 unspecified atom stereocenters. The van der Waals surface area contributed by atoms with Gasteiger partial charge in [-0.1, -0.05) is 30.3 Å². The van der Waals surface area contributed by atoms with Gasteiger partial charge in [-0.05, 0) is 30.7 Å². The third kappa shape index (κ3) is 3.62. The first-order chi connectivity index (χ1) is 11.5. The van der Waals surface area contributed by atoms with Crippen molar-refractivity contribution in [2.24, 2.45) is 0 Å². The number of hydrogen-bond acceptors (Lipinski definition) is 2. The molecule has 1 fully saturated rings. The van der Waals surface area contributed by atoms with Gasteiger partial charge in [0.25, 0.3) is 5.91 Å². The van der Waals surface area contributed by atoms with E-state index in [1.165, 1.54) is 6.07 Å². The Morgan fingerprint density at radius 1 is 1.17 bits per heavy atom. The van der Waals surface area contributed by atoms with Crippen molar-refractivity contribution >= 4 is 5.91 Å². The van der Waals surface area contributed by atoms with Gasteiger partial charge in [0.15, 0.2) is 11.6 Å². The lowest BCUT2D eigenvalue weighted by molar-refractivity contribution is -0.0464. The molecule has 3 rings (SSSR count). The third-order valence-electron chi connectivity index (χ3n) is 4.24. The molecule has 2 aromatic carbocycles. The molecule has 0 bridgehead atoms. The third-order valence-corrected chi connectivity index (χ3v) is 4.24. The highest BCUT2D eigenvalue weighted by Crippen LogP contribution is 2.19. The highest BCUT2D eigenvalue weighted by atomic mass is 19.2. The Morgan fingerprint density at radius 3 is 2.62 bits per heavy atom. The molecule has 0 saturated carbocycles. The quantitative estimate of drug-likeness (QED) is 0.862. The van der Waals surface area contributed by atoms with Gasteiger partial charge in [0.1, 0.15) is 0 Å². The Labute approximate surface area is 139 Å². The smallest absolute Gasteiger partial charge is 0.254 e. The molecule has 1 aliphatic rings. The zero-order chi connectivity index (χ0) is 17.1. The van der Waals surface area contributed by atoms with Crippen molar-refractivity contribution in [1.29, 1.82) is 0 Å². The van der Waals surface area contributed by atoms with Crippen LogP contribution in [0.25, 0.3) is 0 Å². The molecule has 0 spiro atoms. The van der Waals surface area contributed by atoms with E-state index in [-0.39, 0.29) is 23.6 Å². The van der Waals surface area contributed by atoms with E-state index in [2.05, 4.69) is 0 Å². The number of hydrogen-bond donors (Lipinski definition) is 0. The summed E-state index contributed by atoms with van der Waals surface area (Å²) in [5.74, 6) is -2.27. The Kier molecular flexibility index (Phi) is 4.90. The maximum atomic E-state index is 13.4. The van der Waals surface area contributed by atoms with Crippen LogP contribution >= 0.6 is 0 Å². The Morgan fingerprint density at radius 2 is 1.92 bits per heavy atom. The molecule has 1 aliphatic heterocycles. The van der Waals surface area contributed by atoms with Crippen LogP contribution in [0.5, 0.6) is 0 Å². The molecule has 24 heavy (non-hydrogen) atoms. The number of nitrogens with zero attached hydrogens (tertiary/aromatic N) is 1. The number of rotatable bonds is 3. The van der Waals surface area contributed by atoms with E-state index in [4.69, 9.17) is 4.74 Å². The fraction of sp³-hybridized carbons (Fsp3) is 0.316. The predicted molar refractivity (Wildman–Crippen MR) is 86.7 cm³/mol. The molecule has 3 nitrogen and oxygen atoms in total. The van der Waals surface area contributed by atoms with Gasteiger partial charge in [-0.3, -0.25) is 4.79 Å². The second kappa shape index (κ2) is 7.09. The van der Waals surface area contributed by atoms with Crippen LogP contribution in [0.3, 0.4) is 0 Å². The lowest BCUT2D eigenvalue weighted by Crippen LogP contribution is -2.51. The fourth-order valence-corrected chi connectivity index (χ4v) is 2.90. The lowest BCUT2D eigenvalue weighted by atomic mass is 10.0. The fourth-order valence-electron chi connectivity index (χ4n) is 2.90. The standard InChI is InChI=1S/C19H19F2NO2/c1-13-12-24-16(9-14-5-3-2-4-6-14)11-22(13)19(23)15-7-8-17(20)18(21)10-15/h2-8,10,13,16H,9,11-12H2,1H3. The largest absolute Gasteiger partial charge is 0.374 e. The minimum atomic E-state index is -1.01. The van der Waals surface area contributed by atoms with Crippen LogP contribution in [0.15, 0.2) is 48.5 Å². The van der Waals surface area contributed by atoms with Crippen molar-refractivity contribution in [3.63, 3.8) is 0 Å². The molecular formula is C19H19F2NO2. The van der Waals surface area contributed by atoms with E-state index in [1.807, 2.05) is 37.3 Å². The van der Waals surface area contributed by atoms with E-state index >= 15 is 0 Å². The van der Waals surface area contributed by atoms with Gasteiger partial charge in [-0.2, -0.15) is 0 Å². The van der Waals surface area contributed by atoms with Crippen LogP contribution in [0.4, 0.5) is 8.78 Å². The van der Waals surface area contributed by atoms with E-state index < -0.39 is 11.6 Å². The molecule has 0 N–H and O–H groups in total. The van der Waals surface area contributed by atoms with E-state index in [0.717, 1.165) is 17.7 Å². The maximum absolute atomic E-state index is 13.4. The first-order valence-corrected chi connectivity index (χ1v) is 7.96. The maximum Gasteiger partial charge on any atom is 0.254 e. The van der Waals surface area contributed by atoms with Gasteiger partial charge in [0, 0.05) is 18.5 Å². The minimum Gasteiger partial charge on any atom is -0.374 e. The van der Waals surface area contributed by atoms with Crippen LogP contribution < -0.4 is 0 Å². The molecule has 2 atom stereocenters. The molecule has 126 valence electrons. The Balaban J connectivity index is 1.73. The van der Waals surface area contributed by atoms with E-state index in [0.29, 0.717) is 19.6 Å². The SMILES string of the molecule is CC1COC(Cc2ccccc2)CN1C(=O)c1ccc(F)c(F)c1. The summed E-state index contributed by atoms with van der Waals surface area (Å²) in [7, 11) is 0. The molecule has 1 amide bonds. The summed E-state index contributed by atoms with van der Waals surface area (Å²) >= 11 is 0. The average molecular weight is 331 g/mol. The van der Waals surface area contributed by atoms with Gasteiger partial charge in [-0.15, -0.1) is 0 Å². The number of carbonyl (C=O) groups is 1. The minimum absolute atomic E-state index is 0.113. The summed E-state index contributed by atoms with van der Waals surface area (Å²) in [6.45, 7) is 2.73. The van der Waals surface area contributed by atoms with Crippen LogP contribution in [0, 0.1) is 11.6 Å². The number of amides is 1. The van der Waals surface area contributed by atoms with Crippen molar-refractivity contribution in [3.05, 3.63) is 71.3 Å². The molecule has 0 radical (unpaired) electrons. The van der Waals surface area contributed by atoms with Crippen molar-refractivity contribution in [3.8, 4) is 0 Å². The highest BCUT2D eigenvalue weighted by Gasteiger charge is 2.30. The summed E-state index contributed by atoms with van der Waals surface area (Å²) < 4.78 is 32.3. The van der Waals surface area contributed by atoms with E-state index in [1.54, 1.807) is 4.90 Å². The molecule has 1 saturated heterocycles. The number of benzene rings is 2. The second-order valence-corrected chi connectivity index (χ2v) is 6.08. The predicted octanol–water partition coefficient (Wildman–Crippen LogP) is 3.44. The van der Waals surface area contributed by atoms with Crippen molar-refractivity contribution in [2.45, 2.75) is 25.5 Å². The monoisotopic (exact) mass is 331 g/mol. The van der Waals surface area contributed by atoms with Crippen LogP contribution in [-0.4, -0.2) is 36.1 Å². The van der Waals surface area contributed by atoms with Gasteiger partial charge in [0.05, 0.1) is 18.8 Å². The van der Waals surface area contributed by atoms with E-state index in [9.17, 15) is 13.6 Å². The topological polar surface area (TPSA) is 29.5 Å². The van der Waals surface area contributed by atoms with Gasteiger partial charge < -0.3 is 9.64 Å². The zero-order valence-electron chi connectivity index (χ0n) is 13.4. The Bertz CT molecular complexity index is 721. The first-order valence-electron chi connectivity index (χ1n) is 7.96. The van der Waals surface area contributed by atoms with Crippen molar-refractivity contribution < 1.29 is 18.3 Å². The number of halogens is 2. The van der Waals surface area contributed by atoms with Gasteiger partial charge >= 0.3 is 0 Å². The molecule has 2 aromatic rings. The summed E-state index contributed by atoms with van der Waals surface area (Å²) in [6, 6.07) is 13.0. The van der Waals surface area contributed by atoms with Crippen molar-refractivity contribution in [2.75, 3.05) is 13.2 Å². The van der Waals surface area contributed by atoms with Crippen LogP contribution in [-0.2, 0) is 11.2 Å². The molecule has 5 heteroatoms. The van der Waals surface area contributed by atoms with Crippen LogP contribution in [0.1, 0.15) is 22.8 Å². The molecule has 1 heterocycles. The number of morpholine rings is 1. The summed E-state index contributed by atoms with van der Waals surface area (Å²) in [6.07, 6.45) is 0.590. The first kappa shape index (κ1) is 16.6. The molecular weight excluding hydrogens is 312 g/mol. The lowest BCUT2D eigenvalue weighted by Gasteiger charge is -2.38. The summed E-state index contributed by atoms with van der Waals surface area (Å²) in [5, 5.41) is 0. The van der Waals surface area contributed by atoms with Crippen LogP contribution in [0.2, 0.25) is 0 Å². The molecule has 0 aliphatic carbocycles. The average Bonchev–Trinajstić information content (AvgIpc) is 2.59. The summed E-state index contributed by atoms with van der Waals surface area (Å²) in [5.41, 5.74) is 1.29. The second-order valence-electron chi connectivity index (χ2n) is 6.08. The summed E-state index contributed by atoms with van der Waals surface area (Å²) in [4.78, 5) is 14.3. The number of carbonyl (C=O) groups excluding carboxylic acids is 1. The zero-order valence-corrected chi connectivity index (χ0v) is 13.4. The number of ether oxygens (including phenoxy) is 1. The van der Waals surface area contributed by atoms with Crippen molar-refractivity contribution in [1.82, 2.24) is 4.90 Å². The highest BCUT2D eigenvalue weighted by molar-refractivity contribution is 5.94. The normalized spacial score (nSPS) is 20.9. The van der Waals surface area contributed by atoms with Gasteiger partial charge in [0.2, 0.25) is 0 Å². The Hall–Kier alpha value is -2.27.